The minimum atomic E-state index is 0.925. The maximum absolute atomic E-state index is 3.49. The normalized spacial score (nSPS) is 10.6. The first-order valence-electron chi connectivity index (χ1n) is 6.47. The summed E-state index contributed by atoms with van der Waals surface area (Å²) >= 11 is 0. The van der Waals surface area contributed by atoms with Gasteiger partial charge in [0.15, 0.2) is 0 Å². The maximum atomic E-state index is 3.49. The van der Waals surface area contributed by atoms with Crippen LogP contribution in [0.15, 0.2) is 42.5 Å². The molecule has 0 aliphatic carbocycles. The van der Waals surface area contributed by atoms with Crippen molar-refractivity contribution in [3.05, 3.63) is 70.3 Å². The Kier molecular flexibility index (Phi) is 4.16. The molecular weight excluding hydrogens is 218 g/mol. The lowest BCUT2D eigenvalue weighted by Crippen LogP contribution is -2.12. The third kappa shape index (κ3) is 3.44. The second-order valence-corrected chi connectivity index (χ2v) is 5.01. The Hall–Kier alpha value is -1.60. The van der Waals surface area contributed by atoms with Crippen LogP contribution in [-0.2, 0) is 13.1 Å². The molecule has 0 aromatic heterocycles. The highest BCUT2D eigenvalue weighted by atomic mass is 14.8. The molecule has 2 aromatic carbocycles. The van der Waals surface area contributed by atoms with Gasteiger partial charge in [-0.15, -0.1) is 0 Å². The lowest BCUT2D eigenvalue weighted by molar-refractivity contribution is 0.692. The third-order valence-corrected chi connectivity index (χ3v) is 3.31. The summed E-state index contributed by atoms with van der Waals surface area (Å²) in [6.07, 6.45) is 0. The van der Waals surface area contributed by atoms with Crippen LogP contribution >= 0.6 is 0 Å². The minimum Gasteiger partial charge on any atom is -0.309 e. The van der Waals surface area contributed by atoms with Crippen molar-refractivity contribution in [3.63, 3.8) is 0 Å². The van der Waals surface area contributed by atoms with Gasteiger partial charge in [-0.05, 0) is 43.0 Å². The Morgan fingerprint density at radius 1 is 0.778 bits per heavy atom. The Morgan fingerprint density at radius 2 is 1.50 bits per heavy atom. The van der Waals surface area contributed by atoms with Crippen LogP contribution in [0.25, 0.3) is 0 Å². The van der Waals surface area contributed by atoms with Crippen molar-refractivity contribution in [3.8, 4) is 0 Å². The highest BCUT2D eigenvalue weighted by Gasteiger charge is 1.97. The molecular formula is C17H21N. The summed E-state index contributed by atoms with van der Waals surface area (Å²) in [5.74, 6) is 0. The smallest absolute Gasteiger partial charge is 0.0208 e. The molecule has 0 bridgehead atoms. The molecule has 0 saturated carbocycles. The van der Waals surface area contributed by atoms with E-state index in [1.165, 1.54) is 27.8 Å². The van der Waals surface area contributed by atoms with Gasteiger partial charge in [0.2, 0.25) is 0 Å². The summed E-state index contributed by atoms with van der Waals surface area (Å²) in [5.41, 5.74) is 6.74. The first-order valence-corrected chi connectivity index (χ1v) is 6.47. The van der Waals surface area contributed by atoms with Gasteiger partial charge in [0.05, 0.1) is 0 Å². The van der Waals surface area contributed by atoms with Crippen LogP contribution in [-0.4, -0.2) is 0 Å². The highest BCUT2D eigenvalue weighted by Crippen LogP contribution is 2.10. The lowest BCUT2D eigenvalue weighted by Gasteiger charge is -2.08. The van der Waals surface area contributed by atoms with Crippen molar-refractivity contribution in [2.45, 2.75) is 33.9 Å². The van der Waals surface area contributed by atoms with Gasteiger partial charge < -0.3 is 5.32 Å². The van der Waals surface area contributed by atoms with E-state index >= 15 is 0 Å². The summed E-state index contributed by atoms with van der Waals surface area (Å²) in [5, 5.41) is 3.49. The predicted octanol–water partition coefficient (Wildman–Crippen LogP) is 3.90. The van der Waals surface area contributed by atoms with E-state index in [1.807, 2.05) is 0 Å². The minimum absolute atomic E-state index is 0.925. The zero-order valence-electron chi connectivity index (χ0n) is 11.5. The Balaban J connectivity index is 1.90. The van der Waals surface area contributed by atoms with Crippen LogP contribution in [0.1, 0.15) is 27.8 Å². The number of aryl methyl sites for hydroxylation is 3. The standard InChI is InChI=1S/C17H21N/c1-13-5-4-6-16(9-13)11-18-12-17-8-7-14(2)15(3)10-17/h4-10,18H,11-12H2,1-3H3. The number of nitrogens with one attached hydrogen (secondary N) is 1. The molecule has 0 heterocycles. The fourth-order valence-corrected chi connectivity index (χ4v) is 2.09. The van der Waals surface area contributed by atoms with Crippen LogP contribution in [0.2, 0.25) is 0 Å². The van der Waals surface area contributed by atoms with E-state index < -0.39 is 0 Å². The molecule has 0 radical (unpaired) electrons. The molecule has 0 spiro atoms. The fourth-order valence-electron chi connectivity index (χ4n) is 2.09. The average Bonchev–Trinajstić information content (AvgIpc) is 2.34. The number of benzene rings is 2. The predicted molar refractivity (Wildman–Crippen MR) is 77.6 cm³/mol. The summed E-state index contributed by atoms with van der Waals surface area (Å²) in [6.45, 7) is 8.30. The quantitative estimate of drug-likeness (QED) is 0.853. The molecule has 0 aliphatic heterocycles. The molecule has 0 unspecified atom stereocenters. The first-order chi connectivity index (χ1) is 8.65. The average molecular weight is 239 g/mol. The van der Waals surface area contributed by atoms with E-state index in [0.717, 1.165) is 13.1 Å². The van der Waals surface area contributed by atoms with Crippen molar-refractivity contribution in [1.29, 1.82) is 0 Å². The molecule has 2 rings (SSSR count). The van der Waals surface area contributed by atoms with Crippen molar-refractivity contribution in [1.82, 2.24) is 5.32 Å². The number of hydrogen-bond donors (Lipinski definition) is 1. The molecule has 18 heavy (non-hydrogen) atoms. The molecule has 0 saturated heterocycles. The largest absolute Gasteiger partial charge is 0.309 e. The number of hydrogen-bond acceptors (Lipinski definition) is 1. The summed E-state index contributed by atoms with van der Waals surface area (Å²) in [6, 6.07) is 15.3. The van der Waals surface area contributed by atoms with Crippen LogP contribution in [0.4, 0.5) is 0 Å². The van der Waals surface area contributed by atoms with Gasteiger partial charge in [0.1, 0.15) is 0 Å². The van der Waals surface area contributed by atoms with Crippen molar-refractivity contribution >= 4 is 0 Å². The molecule has 1 heteroatoms. The van der Waals surface area contributed by atoms with Crippen LogP contribution < -0.4 is 5.32 Å². The van der Waals surface area contributed by atoms with Gasteiger partial charge in [-0.25, -0.2) is 0 Å². The second-order valence-electron chi connectivity index (χ2n) is 5.01. The molecule has 0 amide bonds. The summed E-state index contributed by atoms with van der Waals surface area (Å²) in [7, 11) is 0. The molecule has 1 N–H and O–H groups in total. The molecule has 0 fully saturated rings. The van der Waals surface area contributed by atoms with Crippen LogP contribution in [0.3, 0.4) is 0 Å². The molecule has 1 nitrogen and oxygen atoms in total. The molecule has 94 valence electrons. The van der Waals surface area contributed by atoms with Crippen LogP contribution in [0, 0.1) is 20.8 Å². The summed E-state index contributed by atoms with van der Waals surface area (Å²) < 4.78 is 0. The van der Waals surface area contributed by atoms with E-state index in [-0.39, 0.29) is 0 Å². The van der Waals surface area contributed by atoms with E-state index in [9.17, 15) is 0 Å². The third-order valence-electron chi connectivity index (χ3n) is 3.31. The highest BCUT2D eigenvalue weighted by molar-refractivity contribution is 5.30. The monoisotopic (exact) mass is 239 g/mol. The number of rotatable bonds is 4. The topological polar surface area (TPSA) is 12.0 Å². The summed E-state index contributed by atoms with van der Waals surface area (Å²) in [4.78, 5) is 0. The maximum Gasteiger partial charge on any atom is 0.0208 e. The van der Waals surface area contributed by atoms with Gasteiger partial charge in [-0.3, -0.25) is 0 Å². The zero-order chi connectivity index (χ0) is 13.0. The van der Waals surface area contributed by atoms with Gasteiger partial charge in [0, 0.05) is 13.1 Å². The van der Waals surface area contributed by atoms with E-state index in [1.54, 1.807) is 0 Å². The second kappa shape index (κ2) is 5.83. The van der Waals surface area contributed by atoms with Crippen molar-refractivity contribution in [2.24, 2.45) is 0 Å². The van der Waals surface area contributed by atoms with Crippen LogP contribution in [0.5, 0.6) is 0 Å². The van der Waals surface area contributed by atoms with Crippen molar-refractivity contribution in [2.75, 3.05) is 0 Å². The molecule has 0 aliphatic rings. The van der Waals surface area contributed by atoms with E-state index in [2.05, 4.69) is 68.6 Å². The SMILES string of the molecule is Cc1cccc(CNCc2ccc(C)c(C)c2)c1. The van der Waals surface area contributed by atoms with Gasteiger partial charge in [-0.1, -0.05) is 48.0 Å². The van der Waals surface area contributed by atoms with E-state index in [4.69, 9.17) is 0 Å². The Labute approximate surface area is 110 Å². The Bertz CT molecular complexity index is 529. The molecule has 0 atom stereocenters. The van der Waals surface area contributed by atoms with Gasteiger partial charge >= 0.3 is 0 Å². The zero-order valence-corrected chi connectivity index (χ0v) is 11.5. The van der Waals surface area contributed by atoms with Gasteiger partial charge in [0.25, 0.3) is 0 Å². The van der Waals surface area contributed by atoms with Gasteiger partial charge in [-0.2, -0.15) is 0 Å². The lowest BCUT2D eigenvalue weighted by atomic mass is 10.1. The first kappa shape index (κ1) is 12.8. The van der Waals surface area contributed by atoms with Crippen molar-refractivity contribution < 1.29 is 0 Å². The Morgan fingerprint density at radius 3 is 2.17 bits per heavy atom. The fraction of sp³-hybridized carbons (Fsp3) is 0.294. The molecule has 2 aromatic rings. The van der Waals surface area contributed by atoms with E-state index in [0.29, 0.717) is 0 Å².